The van der Waals surface area contributed by atoms with Crippen LogP contribution in [0.3, 0.4) is 0 Å². The average Bonchev–Trinajstić information content (AvgIpc) is 2.70. The van der Waals surface area contributed by atoms with Gasteiger partial charge in [0, 0.05) is 25.2 Å². The number of nitrogens with zero attached hydrogens (tertiary/aromatic N) is 1. The van der Waals surface area contributed by atoms with E-state index in [4.69, 9.17) is 0 Å². The lowest BCUT2D eigenvalue weighted by Gasteiger charge is -2.26. The van der Waals surface area contributed by atoms with Crippen LogP contribution in [0.25, 0.3) is 0 Å². The van der Waals surface area contributed by atoms with Gasteiger partial charge in [-0.15, -0.1) is 0 Å². The molecule has 2 amide bonds. The number of hydrogen-bond acceptors (Lipinski definition) is 4. The highest BCUT2D eigenvalue weighted by molar-refractivity contribution is 7.91. The van der Waals surface area contributed by atoms with Gasteiger partial charge in [0.1, 0.15) is 0 Å². The summed E-state index contributed by atoms with van der Waals surface area (Å²) in [5, 5.41) is 2.79. The van der Waals surface area contributed by atoms with Crippen LogP contribution in [-0.2, 0) is 21.2 Å². The van der Waals surface area contributed by atoms with Crippen molar-refractivity contribution in [3.63, 3.8) is 0 Å². The first-order chi connectivity index (χ1) is 13.9. The number of piperidine rings is 1. The van der Waals surface area contributed by atoms with Crippen molar-refractivity contribution in [1.29, 1.82) is 0 Å². The molecule has 0 radical (unpaired) electrons. The Kier molecular flexibility index (Phi) is 6.69. The summed E-state index contributed by atoms with van der Waals surface area (Å²) in [7, 11) is -3.52. The predicted octanol–water partition coefficient (Wildman–Crippen LogP) is 3.64. The lowest BCUT2D eigenvalue weighted by molar-refractivity contribution is -0.133. The summed E-state index contributed by atoms with van der Waals surface area (Å²) in [5.74, 6) is -0.316. The zero-order valence-corrected chi connectivity index (χ0v) is 17.4. The summed E-state index contributed by atoms with van der Waals surface area (Å²) in [6.45, 7) is 3.04. The van der Waals surface area contributed by atoms with Gasteiger partial charge in [0.2, 0.25) is 5.91 Å². The molecule has 0 bridgehead atoms. The highest BCUT2D eigenvalue weighted by Gasteiger charge is 2.22. The summed E-state index contributed by atoms with van der Waals surface area (Å²) < 4.78 is 25.0. The normalized spacial score (nSPS) is 14.7. The molecule has 154 valence electrons. The molecule has 0 unspecified atom stereocenters. The fourth-order valence-electron chi connectivity index (χ4n) is 3.50. The summed E-state index contributed by atoms with van der Waals surface area (Å²) in [6, 6.07) is 13.6. The first-order valence-corrected chi connectivity index (χ1v) is 11.6. The first-order valence-electron chi connectivity index (χ1n) is 9.90. The third kappa shape index (κ3) is 5.23. The summed E-state index contributed by atoms with van der Waals surface area (Å²) in [5.41, 5.74) is 1.63. The molecule has 0 aromatic heterocycles. The third-order valence-corrected chi connectivity index (χ3v) is 6.89. The fourth-order valence-corrected chi connectivity index (χ4v) is 5.04. The number of rotatable bonds is 7. The smallest absolute Gasteiger partial charge is 0.256 e. The summed E-state index contributed by atoms with van der Waals surface area (Å²) in [6.07, 6.45) is 3.01. The molecule has 6 nitrogen and oxygen atoms in total. The molecule has 0 saturated carbocycles. The van der Waals surface area contributed by atoms with Crippen molar-refractivity contribution >= 4 is 27.3 Å². The van der Waals surface area contributed by atoms with Crippen molar-refractivity contribution in [3.05, 3.63) is 59.7 Å². The van der Waals surface area contributed by atoms with Crippen molar-refractivity contribution < 1.29 is 18.0 Å². The van der Waals surface area contributed by atoms with Crippen LogP contribution in [0.5, 0.6) is 0 Å². The topological polar surface area (TPSA) is 83.6 Å². The van der Waals surface area contributed by atoms with E-state index < -0.39 is 15.7 Å². The molecule has 0 atom stereocenters. The Morgan fingerprint density at radius 1 is 1.10 bits per heavy atom. The van der Waals surface area contributed by atoms with Crippen molar-refractivity contribution in [3.8, 4) is 0 Å². The van der Waals surface area contributed by atoms with E-state index in [1.807, 2.05) is 23.1 Å². The number of carbonyl (C=O) groups excluding carboxylic acids is 2. The number of hydrogen-bond donors (Lipinski definition) is 1. The van der Waals surface area contributed by atoms with Gasteiger partial charge in [0.25, 0.3) is 5.91 Å². The quantitative estimate of drug-likeness (QED) is 0.750. The third-order valence-electron chi connectivity index (χ3n) is 4.92. The molecule has 3 rings (SSSR count). The van der Waals surface area contributed by atoms with Crippen molar-refractivity contribution in [1.82, 2.24) is 4.90 Å². The maximum atomic E-state index is 12.8. The van der Waals surface area contributed by atoms with Gasteiger partial charge in [-0.05, 0) is 49.1 Å². The number of carbonyl (C=O) groups is 2. The van der Waals surface area contributed by atoms with E-state index in [9.17, 15) is 18.0 Å². The van der Waals surface area contributed by atoms with Crippen LogP contribution in [0.15, 0.2) is 53.4 Å². The first kappa shape index (κ1) is 21.0. The van der Waals surface area contributed by atoms with Crippen LogP contribution in [0, 0.1) is 0 Å². The fraction of sp³-hybridized carbons (Fsp3) is 0.364. The van der Waals surface area contributed by atoms with E-state index in [-0.39, 0.29) is 22.1 Å². The second-order valence-electron chi connectivity index (χ2n) is 7.24. The van der Waals surface area contributed by atoms with Gasteiger partial charge >= 0.3 is 0 Å². The van der Waals surface area contributed by atoms with Crippen LogP contribution in [0.1, 0.15) is 48.5 Å². The van der Waals surface area contributed by atoms with E-state index in [1.165, 1.54) is 12.1 Å². The minimum absolute atomic E-state index is 0.00333. The van der Waals surface area contributed by atoms with E-state index in [2.05, 4.69) is 5.32 Å². The molecule has 1 fully saturated rings. The maximum Gasteiger partial charge on any atom is 0.256 e. The highest BCUT2D eigenvalue weighted by Crippen LogP contribution is 2.21. The molecule has 2 aromatic carbocycles. The molecule has 1 aliphatic heterocycles. The predicted molar refractivity (Wildman–Crippen MR) is 112 cm³/mol. The highest BCUT2D eigenvalue weighted by atomic mass is 32.2. The lowest BCUT2D eigenvalue weighted by Crippen LogP contribution is -2.34. The number of likely N-dealkylation sites (tertiary alicyclic amines) is 1. The zero-order chi connectivity index (χ0) is 20.9. The zero-order valence-electron chi connectivity index (χ0n) is 16.6. The van der Waals surface area contributed by atoms with Gasteiger partial charge in [-0.25, -0.2) is 8.42 Å². The number of amides is 2. The minimum Gasteiger partial charge on any atom is -0.338 e. The van der Waals surface area contributed by atoms with E-state index in [0.717, 1.165) is 24.9 Å². The Hall–Kier alpha value is -2.67. The van der Waals surface area contributed by atoms with Crippen LogP contribution in [-0.4, -0.2) is 37.4 Å². The van der Waals surface area contributed by atoms with Gasteiger partial charge in [-0.2, -0.15) is 0 Å². The minimum atomic E-state index is -3.52. The molecule has 0 aliphatic carbocycles. The number of benzene rings is 2. The molecule has 2 aromatic rings. The van der Waals surface area contributed by atoms with Gasteiger partial charge in [0.05, 0.1) is 16.2 Å². The molecule has 29 heavy (non-hydrogen) atoms. The molecular formula is C22H26N2O4S. The van der Waals surface area contributed by atoms with Crippen molar-refractivity contribution in [2.24, 2.45) is 0 Å². The average molecular weight is 415 g/mol. The summed E-state index contributed by atoms with van der Waals surface area (Å²) >= 11 is 0. The molecule has 1 N–H and O–H groups in total. The van der Waals surface area contributed by atoms with E-state index in [0.29, 0.717) is 25.1 Å². The van der Waals surface area contributed by atoms with E-state index in [1.54, 1.807) is 25.1 Å². The Balaban J connectivity index is 1.77. The molecule has 1 saturated heterocycles. The lowest BCUT2D eigenvalue weighted by atomic mass is 10.1. The standard InChI is InChI=1S/C22H26N2O4S/c1-2-14-29(27,28)20-11-4-3-10-19(20)22(26)23-18-9-7-8-17(15-18)16-24-13-6-5-12-21(24)25/h3-4,7-11,15H,2,5-6,12-14,16H2,1H3,(H,23,26). The van der Waals surface area contributed by atoms with Crippen LogP contribution < -0.4 is 5.32 Å². The second-order valence-corrected chi connectivity index (χ2v) is 9.32. The van der Waals surface area contributed by atoms with Gasteiger partial charge < -0.3 is 10.2 Å². The molecule has 0 spiro atoms. The molecule has 7 heteroatoms. The Bertz CT molecular complexity index is 1000. The van der Waals surface area contributed by atoms with Gasteiger partial charge in [0.15, 0.2) is 9.84 Å². The van der Waals surface area contributed by atoms with Crippen molar-refractivity contribution in [2.45, 2.75) is 44.0 Å². The number of sulfone groups is 1. The molecule has 1 heterocycles. The Morgan fingerprint density at radius 2 is 1.90 bits per heavy atom. The van der Waals surface area contributed by atoms with Gasteiger partial charge in [-0.1, -0.05) is 31.2 Å². The van der Waals surface area contributed by atoms with Crippen LogP contribution >= 0.6 is 0 Å². The molecular weight excluding hydrogens is 388 g/mol. The second kappa shape index (κ2) is 9.22. The Labute approximate surface area is 171 Å². The van der Waals surface area contributed by atoms with Crippen molar-refractivity contribution in [2.75, 3.05) is 17.6 Å². The maximum absolute atomic E-state index is 12.8. The molecule has 1 aliphatic rings. The SMILES string of the molecule is CCCS(=O)(=O)c1ccccc1C(=O)Nc1cccc(CN2CCCCC2=O)c1. The summed E-state index contributed by atoms with van der Waals surface area (Å²) in [4.78, 5) is 26.7. The largest absolute Gasteiger partial charge is 0.338 e. The monoisotopic (exact) mass is 414 g/mol. The van der Waals surface area contributed by atoms with Crippen LogP contribution in [0.4, 0.5) is 5.69 Å². The Morgan fingerprint density at radius 3 is 2.66 bits per heavy atom. The number of anilines is 1. The van der Waals surface area contributed by atoms with E-state index >= 15 is 0 Å². The van der Waals surface area contributed by atoms with Gasteiger partial charge in [-0.3, -0.25) is 9.59 Å². The van der Waals surface area contributed by atoms with Crippen LogP contribution in [0.2, 0.25) is 0 Å². The number of nitrogens with one attached hydrogen (secondary N) is 1.